The maximum Gasteiger partial charge on any atom is 0.243 e. The molecule has 0 amide bonds. The lowest BCUT2D eigenvalue weighted by atomic mass is 9.94. The maximum atomic E-state index is 14.5. The standard InChI is InChI=1S/C20H22F2N4O4S/c21-14-8-15(22)17(31(29,30)26-11-3-5-12(27)6-4-11)7-13(14)16-9-24-20(23)18(25-16)19(28)10-1-2-10/h7-12,26-27H,1-6H2,(H2,23,24)/t11-,12-. The molecule has 2 aliphatic rings. The number of rotatable bonds is 6. The van der Waals surface area contributed by atoms with Gasteiger partial charge in [0.05, 0.1) is 18.0 Å². The Hall–Kier alpha value is -2.50. The number of anilines is 1. The van der Waals surface area contributed by atoms with Crippen molar-refractivity contribution in [3.63, 3.8) is 0 Å². The quantitative estimate of drug-likeness (QED) is 0.572. The molecule has 0 atom stereocenters. The van der Waals surface area contributed by atoms with Gasteiger partial charge in [-0.15, -0.1) is 0 Å². The number of carbonyl (C=O) groups excluding carboxylic acids is 1. The molecule has 0 unspecified atom stereocenters. The van der Waals surface area contributed by atoms with Gasteiger partial charge >= 0.3 is 0 Å². The van der Waals surface area contributed by atoms with Crippen molar-refractivity contribution in [1.82, 2.24) is 14.7 Å². The van der Waals surface area contributed by atoms with Crippen LogP contribution in [-0.4, -0.2) is 41.4 Å². The largest absolute Gasteiger partial charge is 0.393 e. The number of hydrogen-bond donors (Lipinski definition) is 3. The van der Waals surface area contributed by atoms with Crippen molar-refractivity contribution < 1.29 is 27.1 Å². The van der Waals surface area contributed by atoms with Crippen LogP contribution in [0.4, 0.5) is 14.6 Å². The number of nitrogens with two attached hydrogens (primary N) is 1. The highest BCUT2D eigenvalue weighted by Crippen LogP contribution is 2.34. The zero-order chi connectivity index (χ0) is 22.3. The second kappa shape index (κ2) is 8.21. The van der Waals surface area contributed by atoms with Crippen LogP contribution >= 0.6 is 0 Å². The summed E-state index contributed by atoms with van der Waals surface area (Å²) in [5.74, 6) is -2.89. The lowest BCUT2D eigenvalue weighted by Gasteiger charge is -2.26. The van der Waals surface area contributed by atoms with Crippen molar-refractivity contribution >= 4 is 21.6 Å². The van der Waals surface area contributed by atoms with Gasteiger partial charge < -0.3 is 10.8 Å². The number of carbonyl (C=O) groups is 1. The minimum atomic E-state index is -4.31. The van der Waals surface area contributed by atoms with Crippen LogP contribution in [0, 0.1) is 17.6 Å². The number of aliphatic hydroxyl groups excluding tert-OH is 1. The SMILES string of the molecule is Nc1ncc(-c2cc(S(=O)(=O)N[C@H]3CC[C@H](O)CC3)c(F)cc2F)nc1C(=O)C1CC1. The van der Waals surface area contributed by atoms with E-state index in [9.17, 15) is 27.1 Å². The first-order chi connectivity index (χ1) is 14.7. The summed E-state index contributed by atoms with van der Waals surface area (Å²) in [4.78, 5) is 19.6. The first-order valence-corrected chi connectivity index (χ1v) is 11.5. The second-order valence-electron chi connectivity index (χ2n) is 8.02. The molecular formula is C20H22F2N4O4S. The fourth-order valence-electron chi connectivity index (χ4n) is 3.66. The van der Waals surface area contributed by atoms with E-state index < -0.39 is 38.7 Å². The molecule has 0 aliphatic heterocycles. The number of aromatic nitrogens is 2. The summed E-state index contributed by atoms with van der Waals surface area (Å²) in [6, 6.07) is 0.853. The van der Waals surface area contributed by atoms with Crippen molar-refractivity contribution in [3.05, 3.63) is 35.7 Å². The molecule has 0 spiro atoms. The van der Waals surface area contributed by atoms with Crippen LogP contribution in [0.5, 0.6) is 0 Å². The van der Waals surface area contributed by atoms with E-state index in [0.29, 0.717) is 44.6 Å². The molecule has 0 radical (unpaired) electrons. The third kappa shape index (κ3) is 4.58. The molecular weight excluding hydrogens is 430 g/mol. The molecule has 2 aliphatic carbocycles. The molecule has 31 heavy (non-hydrogen) atoms. The fraction of sp³-hybridized carbons (Fsp3) is 0.450. The van der Waals surface area contributed by atoms with Crippen LogP contribution < -0.4 is 10.5 Å². The highest BCUT2D eigenvalue weighted by molar-refractivity contribution is 7.89. The first-order valence-electron chi connectivity index (χ1n) is 10.0. The summed E-state index contributed by atoms with van der Waals surface area (Å²) in [5.41, 5.74) is 5.21. The molecule has 0 saturated heterocycles. The van der Waals surface area contributed by atoms with E-state index in [-0.39, 0.29) is 34.5 Å². The first kappa shape index (κ1) is 21.7. The number of ketones is 1. The van der Waals surface area contributed by atoms with Gasteiger partial charge in [-0.05, 0) is 44.6 Å². The van der Waals surface area contributed by atoms with Crippen LogP contribution in [0.3, 0.4) is 0 Å². The van der Waals surface area contributed by atoms with Gasteiger partial charge in [0.15, 0.2) is 11.6 Å². The van der Waals surface area contributed by atoms with E-state index in [2.05, 4.69) is 14.7 Å². The van der Waals surface area contributed by atoms with Crippen molar-refractivity contribution in [1.29, 1.82) is 0 Å². The van der Waals surface area contributed by atoms with E-state index in [1.807, 2.05) is 0 Å². The van der Waals surface area contributed by atoms with E-state index in [0.717, 1.165) is 12.3 Å². The number of sulfonamides is 1. The number of aliphatic hydroxyl groups is 1. The van der Waals surface area contributed by atoms with Crippen molar-refractivity contribution in [3.8, 4) is 11.3 Å². The number of benzene rings is 1. The Kier molecular flexibility index (Phi) is 5.75. The topological polar surface area (TPSA) is 135 Å². The molecule has 2 saturated carbocycles. The monoisotopic (exact) mass is 452 g/mol. The molecule has 1 aromatic carbocycles. The fourth-order valence-corrected chi connectivity index (χ4v) is 5.05. The summed E-state index contributed by atoms with van der Waals surface area (Å²) in [5, 5.41) is 9.57. The average Bonchev–Trinajstić information content (AvgIpc) is 3.55. The Labute approximate surface area is 178 Å². The number of nitrogens with one attached hydrogen (secondary N) is 1. The zero-order valence-corrected chi connectivity index (χ0v) is 17.3. The summed E-state index contributed by atoms with van der Waals surface area (Å²) < 4.78 is 57.0. The van der Waals surface area contributed by atoms with Gasteiger partial charge in [0.25, 0.3) is 0 Å². The van der Waals surface area contributed by atoms with Crippen LogP contribution in [0.15, 0.2) is 23.2 Å². The van der Waals surface area contributed by atoms with Gasteiger partial charge in [0, 0.05) is 23.6 Å². The average molecular weight is 452 g/mol. The normalized spacial score (nSPS) is 21.8. The molecule has 2 fully saturated rings. The van der Waals surface area contributed by atoms with Gasteiger partial charge in [0.2, 0.25) is 10.0 Å². The highest BCUT2D eigenvalue weighted by atomic mass is 32.2. The van der Waals surface area contributed by atoms with E-state index in [1.54, 1.807) is 0 Å². The van der Waals surface area contributed by atoms with Crippen molar-refractivity contribution in [2.24, 2.45) is 5.92 Å². The Bertz CT molecular complexity index is 1130. The molecule has 2 aromatic rings. The molecule has 4 rings (SSSR count). The number of Topliss-reactive ketones (excluding diaryl/α,β-unsaturated/α-hetero) is 1. The minimum absolute atomic E-state index is 0.0998. The summed E-state index contributed by atoms with van der Waals surface area (Å²) in [6.07, 6.45) is 3.74. The highest BCUT2D eigenvalue weighted by Gasteiger charge is 2.33. The lowest BCUT2D eigenvalue weighted by Crippen LogP contribution is -2.38. The molecule has 8 nitrogen and oxygen atoms in total. The van der Waals surface area contributed by atoms with Gasteiger partial charge in [-0.2, -0.15) is 0 Å². The third-order valence-electron chi connectivity index (χ3n) is 5.59. The minimum Gasteiger partial charge on any atom is -0.393 e. The van der Waals surface area contributed by atoms with E-state index in [4.69, 9.17) is 5.73 Å². The maximum absolute atomic E-state index is 14.5. The summed E-state index contributed by atoms with van der Waals surface area (Å²) >= 11 is 0. The van der Waals surface area contributed by atoms with Gasteiger partial charge in [-0.25, -0.2) is 31.9 Å². The third-order valence-corrected chi connectivity index (χ3v) is 7.12. The lowest BCUT2D eigenvalue weighted by molar-refractivity contribution is 0.0963. The van der Waals surface area contributed by atoms with Crippen LogP contribution in [0.2, 0.25) is 0 Å². The Morgan fingerprint density at radius 3 is 2.42 bits per heavy atom. The number of nitrogens with zero attached hydrogens (tertiary/aromatic N) is 2. The van der Waals surface area contributed by atoms with E-state index in [1.165, 1.54) is 0 Å². The van der Waals surface area contributed by atoms with Gasteiger partial charge in [-0.1, -0.05) is 0 Å². The summed E-state index contributed by atoms with van der Waals surface area (Å²) in [6.45, 7) is 0. The Balaban J connectivity index is 1.68. The molecule has 1 aromatic heterocycles. The van der Waals surface area contributed by atoms with Gasteiger partial charge in [0.1, 0.15) is 22.2 Å². The van der Waals surface area contributed by atoms with Crippen LogP contribution in [-0.2, 0) is 10.0 Å². The number of hydrogen-bond acceptors (Lipinski definition) is 7. The molecule has 0 bridgehead atoms. The van der Waals surface area contributed by atoms with Crippen LogP contribution in [0.1, 0.15) is 49.0 Å². The van der Waals surface area contributed by atoms with Gasteiger partial charge in [-0.3, -0.25) is 4.79 Å². The predicted molar refractivity (Wildman–Crippen MR) is 107 cm³/mol. The number of halogens is 2. The Morgan fingerprint density at radius 2 is 1.77 bits per heavy atom. The van der Waals surface area contributed by atoms with Crippen molar-refractivity contribution in [2.45, 2.75) is 55.6 Å². The van der Waals surface area contributed by atoms with E-state index >= 15 is 0 Å². The van der Waals surface area contributed by atoms with Crippen LogP contribution in [0.25, 0.3) is 11.3 Å². The molecule has 11 heteroatoms. The smallest absolute Gasteiger partial charge is 0.243 e. The predicted octanol–water partition coefficient (Wildman–Crippen LogP) is 2.18. The molecule has 4 N–H and O–H groups in total. The van der Waals surface area contributed by atoms with Crippen molar-refractivity contribution in [2.75, 3.05) is 5.73 Å². The number of nitrogen functional groups attached to an aromatic ring is 1. The zero-order valence-electron chi connectivity index (χ0n) is 16.5. The molecule has 166 valence electrons. The Morgan fingerprint density at radius 1 is 1.10 bits per heavy atom. The summed E-state index contributed by atoms with van der Waals surface area (Å²) in [7, 11) is -4.31. The second-order valence-corrected chi connectivity index (χ2v) is 9.70. The molecule has 1 heterocycles.